The Morgan fingerprint density at radius 3 is 2.76 bits per heavy atom. The molecule has 112 valence electrons. The largest absolute Gasteiger partial charge is 0.380 e. The van der Waals surface area contributed by atoms with Gasteiger partial charge in [-0.15, -0.1) is 0 Å². The zero-order valence-electron chi connectivity index (χ0n) is 12.4. The summed E-state index contributed by atoms with van der Waals surface area (Å²) in [5, 5.41) is 13.5. The van der Waals surface area contributed by atoms with Crippen LogP contribution in [0.15, 0.2) is 30.3 Å². The van der Waals surface area contributed by atoms with Crippen molar-refractivity contribution in [3.8, 4) is 6.07 Å². The molecule has 1 saturated heterocycles. The van der Waals surface area contributed by atoms with Gasteiger partial charge in [-0.25, -0.2) is 0 Å². The first-order valence-electron chi connectivity index (χ1n) is 7.87. The normalized spacial score (nSPS) is 23.0. The van der Waals surface area contributed by atoms with Crippen molar-refractivity contribution < 1.29 is 4.74 Å². The Labute approximate surface area is 126 Å². The summed E-state index contributed by atoms with van der Waals surface area (Å²) >= 11 is 0. The molecule has 1 aromatic rings. The zero-order valence-corrected chi connectivity index (χ0v) is 12.4. The highest BCUT2D eigenvalue weighted by Crippen LogP contribution is 2.29. The minimum absolute atomic E-state index is 0.494. The molecule has 1 aliphatic carbocycles. The first-order valence-corrected chi connectivity index (χ1v) is 7.87. The lowest BCUT2D eigenvalue weighted by Crippen LogP contribution is -2.51. The fourth-order valence-corrected chi connectivity index (χ4v) is 2.94. The molecule has 0 aromatic heterocycles. The van der Waals surface area contributed by atoms with E-state index in [1.807, 2.05) is 18.2 Å². The molecule has 1 aromatic carbocycles. The number of rotatable bonds is 5. The van der Waals surface area contributed by atoms with E-state index in [0.29, 0.717) is 6.04 Å². The van der Waals surface area contributed by atoms with Crippen LogP contribution in [0.1, 0.15) is 24.8 Å². The molecule has 1 aliphatic heterocycles. The van der Waals surface area contributed by atoms with Gasteiger partial charge in [-0.1, -0.05) is 30.3 Å². The van der Waals surface area contributed by atoms with E-state index < -0.39 is 5.54 Å². The molecule has 1 heterocycles. The van der Waals surface area contributed by atoms with Gasteiger partial charge in [0, 0.05) is 32.3 Å². The smallest absolute Gasteiger partial charge is 0.145 e. The Balaban J connectivity index is 1.82. The van der Waals surface area contributed by atoms with Crippen LogP contribution < -0.4 is 5.32 Å². The molecule has 0 radical (unpaired) electrons. The lowest BCUT2D eigenvalue weighted by Gasteiger charge is -2.34. The number of nitrogens with one attached hydrogen (secondary N) is 1. The van der Waals surface area contributed by atoms with Crippen molar-refractivity contribution in [2.45, 2.75) is 30.8 Å². The number of nitriles is 1. The number of benzene rings is 1. The summed E-state index contributed by atoms with van der Waals surface area (Å²) in [7, 11) is 0. The van der Waals surface area contributed by atoms with Crippen LogP contribution in [0.5, 0.6) is 0 Å². The summed E-state index contributed by atoms with van der Waals surface area (Å²) in [5.74, 6) is 0. The van der Waals surface area contributed by atoms with Gasteiger partial charge >= 0.3 is 0 Å². The monoisotopic (exact) mass is 285 g/mol. The second-order valence-corrected chi connectivity index (χ2v) is 6.04. The molecule has 2 fully saturated rings. The number of hydrogen-bond acceptors (Lipinski definition) is 4. The second-order valence-electron chi connectivity index (χ2n) is 6.04. The van der Waals surface area contributed by atoms with Crippen molar-refractivity contribution in [1.82, 2.24) is 10.2 Å². The molecule has 1 saturated carbocycles. The van der Waals surface area contributed by atoms with Crippen LogP contribution >= 0.6 is 0 Å². The summed E-state index contributed by atoms with van der Waals surface area (Å²) in [6, 6.07) is 13.2. The van der Waals surface area contributed by atoms with Crippen molar-refractivity contribution >= 4 is 0 Å². The summed E-state index contributed by atoms with van der Waals surface area (Å²) in [6.45, 7) is 4.23. The lowest BCUT2D eigenvalue weighted by molar-refractivity contribution is 0.136. The molecule has 0 amide bonds. The highest BCUT2D eigenvalue weighted by atomic mass is 16.5. The van der Waals surface area contributed by atoms with E-state index in [9.17, 15) is 5.26 Å². The molecule has 0 spiro atoms. The fraction of sp³-hybridized carbons (Fsp3) is 0.588. The standard InChI is InChI=1S/C17H23N3O/c18-13-17(19-16-7-8-16,15-5-2-1-3-6-15)14-20-9-4-11-21-12-10-20/h1-3,5-6,16,19H,4,7-12,14H2. The van der Waals surface area contributed by atoms with Gasteiger partial charge in [-0.05, 0) is 24.8 Å². The molecular formula is C17H23N3O. The second kappa shape index (κ2) is 6.57. The van der Waals surface area contributed by atoms with Gasteiger partial charge in [0.15, 0.2) is 0 Å². The molecule has 1 unspecified atom stereocenters. The Bertz CT molecular complexity index is 487. The topological polar surface area (TPSA) is 48.3 Å². The van der Waals surface area contributed by atoms with E-state index in [-0.39, 0.29) is 0 Å². The van der Waals surface area contributed by atoms with Crippen LogP contribution in [0.25, 0.3) is 0 Å². The predicted octanol–water partition coefficient (Wildman–Crippen LogP) is 1.88. The maximum atomic E-state index is 9.94. The van der Waals surface area contributed by atoms with Gasteiger partial charge in [0.25, 0.3) is 0 Å². The van der Waals surface area contributed by atoms with Crippen LogP contribution in [0.3, 0.4) is 0 Å². The maximum Gasteiger partial charge on any atom is 0.145 e. The molecule has 21 heavy (non-hydrogen) atoms. The Hall–Kier alpha value is -1.41. The quantitative estimate of drug-likeness (QED) is 0.897. The third-order valence-electron chi connectivity index (χ3n) is 4.26. The van der Waals surface area contributed by atoms with Crippen LogP contribution in [-0.4, -0.2) is 43.8 Å². The predicted molar refractivity (Wildman–Crippen MR) is 81.8 cm³/mol. The first-order chi connectivity index (χ1) is 10.3. The summed E-state index contributed by atoms with van der Waals surface area (Å²) < 4.78 is 5.53. The van der Waals surface area contributed by atoms with E-state index in [2.05, 4.69) is 28.4 Å². The van der Waals surface area contributed by atoms with Gasteiger partial charge in [0.2, 0.25) is 0 Å². The van der Waals surface area contributed by atoms with Crippen molar-refractivity contribution in [2.75, 3.05) is 32.8 Å². The summed E-state index contributed by atoms with van der Waals surface area (Å²) in [5.41, 5.74) is 0.469. The number of nitrogens with zero attached hydrogens (tertiary/aromatic N) is 2. The molecule has 4 nitrogen and oxygen atoms in total. The average molecular weight is 285 g/mol. The van der Waals surface area contributed by atoms with Crippen molar-refractivity contribution in [1.29, 1.82) is 5.26 Å². The molecular weight excluding hydrogens is 262 g/mol. The van der Waals surface area contributed by atoms with E-state index in [1.54, 1.807) is 0 Å². The van der Waals surface area contributed by atoms with Crippen LogP contribution in [-0.2, 0) is 10.3 Å². The van der Waals surface area contributed by atoms with Gasteiger partial charge in [0.1, 0.15) is 5.54 Å². The summed E-state index contributed by atoms with van der Waals surface area (Å²) in [4.78, 5) is 2.36. The van der Waals surface area contributed by atoms with Crippen LogP contribution in [0.4, 0.5) is 0 Å². The minimum atomic E-state index is -0.604. The van der Waals surface area contributed by atoms with E-state index in [4.69, 9.17) is 4.74 Å². The van der Waals surface area contributed by atoms with Crippen LogP contribution in [0, 0.1) is 11.3 Å². The Morgan fingerprint density at radius 1 is 1.24 bits per heavy atom. The van der Waals surface area contributed by atoms with E-state index in [1.165, 1.54) is 12.8 Å². The van der Waals surface area contributed by atoms with Crippen molar-refractivity contribution in [2.24, 2.45) is 0 Å². The number of ether oxygens (including phenoxy) is 1. The first kappa shape index (κ1) is 14.5. The molecule has 1 atom stereocenters. The van der Waals surface area contributed by atoms with Crippen LogP contribution in [0.2, 0.25) is 0 Å². The van der Waals surface area contributed by atoms with E-state index >= 15 is 0 Å². The molecule has 4 heteroatoms. The maximum absolute atomic E-state index is 9.94. The van der Waals surface area contributed by atoms with E-state index in [0.717, 1.165) is 44.8 Å². The van der Waals surface area contributed by atoms with Gasteiger partial charge in [-0.3, -0.25) is 10.2 Å². The fourth-order valence-electron chi connectivity index (χ4n) is 2.94. The average Bonchev–Trinajstić information content (AvgIpc) is 3.35. The summed E-state index contributed by atoms with van der Waals surface area (Å²) in [6.07, 6.45) is 3.40. The molecule has 1 N–H and O–H groups in total. The third kappa shape index (κ3) is 3.62. The highest BCUT2D eigenvalue weighted by molar-refractivity contribution is 5.33. The SMILES string of the molecule is N#CC(CN1CCCOCC1)(NC1CC1)c1ccccc1. The van der Waals surface area contributed by atoms with Crippen molar-refractivity contribution in [3.63, 3.8) is 0 Å². The Kier molecular flexibility index (Phi) is 4.54. The van der Waals surface area contributed by atoms with Gasteiger partial charge in [0.05, 0.1) is 12.7 Å². The van der Waals surface area contributed by atoms with Gasteiger partial charge in [-0.2, -0.15) is 5.26 Å². The van der Waals surface area contributed by atoms with Gasteiger partial charge < -0.3 is 4.74 Å². The molecule has 3 rings (SSSR count). The Morgan fingerprint density at radius 2 is 2.05 bits per heavy atom. The lowest BCUT2D eigenvalue weighted by atomic mass is 9.90. The molecule has 0 bridgehead atoms. The molecule has 2 aliphatic rings. The zero-order chi connectivity index (χ0) is 14.5. The highest BCUT2D eigenvalue weighted by Gasteiger charge is 2.39. The van der Waals surface area contributed by atoms with Crippen molar-refractivity contribution in [3.05, 3.63) is 35.9 Å². The number of hydrogen-bond donors (Lipinski definition) is 1. The minimum Gasteiger partial charge on any atom is -0.380 e. The third-order valence-corrected chi connectivity index (χ3v) is 4.26.